The van der Waals surface area contributed by atoms with Gasteiger partial charge in [0, 0.05) is 18.8 Å². The van der Waals surface area contributed by atoms with Gasteiger partial charge < -0.3 is 9.84 Å². The molecule has 0 aliphatic rings. The van der Waals surface area contributed by atoms with E-state index in [1.807, 2.05) is 0 Å². The van der Waals surface area contributed by atoms with Crippen LogP contribution in [0.2, 0.25) is 0 Å². The third-order valence-corrected chi connectivity index (χ3v) is 1.69. The number of aryl methyl sites for hydroxylation is 1. The Balaban J connectivity index is 2.69. The third-order valence-electron chi connectivity index (χ3n) is 1.69. The average molecular weight is 227 g/mol. The fourth-order valence-corrected chi connectivity index (χ4v) is 1.16. The van der Waals surface area contributed by atoms with Gasteiger partial charge in [0.2, 0.25) is 0 Å². The Morgan fingerprint density at radius 1 is 1.62 bits per heavy atom. The molecule has 6 nitrogen and oxygen atoms in total. The zero-order valence-electron chi connectivity index (χ0n) is 9.94. The Morgan fingerprint density at radius 3 is 2.75 bits per heavy atom. The summed E-state index contributed by atoms with van der Waals surface area (Å²) in [4.78, 5) is 11.4. The molecule has 0 unspecified atom stereocenters. The van der Waals surface area contributed by atoms with Crippen molar-refractivity contribution in [2.45, 2.75) is 33.0 Å². The van der Waals surface area contributed by atoms with Crippen molar-refractivity contribution in [3.8, 4) is 0 Å². The second-order valence-electron chi connectivity index (χ2n) is 4.46. The van der Waals surface area contributed by atoms with E-state index in [1.54, 1.807) is 34.0 Å². The second-order valence-corrected chi connectivity index (χ2v) is 4.46. The quantitative estimate of drug-likeness (QED) is 0.797. The Bertz CT molecular complexity index is 379. The molecule has 2 N–H and O–H groups in total. The number of aromatic nitrogens is 2. The van der Waals surface area contributed by atoms with Crippen molar-refractivity contribution in [3.63, 3.8) is 0 Å². The highest BCUT2D eigenvalue weighted by Gasteiger charge is 2.18. The van der Waals surface area contributed by atoms with Crippen LogP contribution in [0, 0.1) is 0 Å². The Hall–Kier alpha value is -1.56. The number of amides is 1. The number of ether oxygens (including phenoxy) is 1. The Morgan fingerprint density at radius 2 is 2.25 bits per heavy atom. The molecule has 0 saturated carbocycles. The Kier molecular flexibility index (Phi) is 3.54. The molecule has 0 aromatic carbocycles. The third kappa shape index (κ3) is 3.54. The van der Waals surface area contributed by atoms with Crippen LogP contribution in [0.5, 0.6) is 0 Å². The van der Waals surface area contributed by atoms with Crippen LogP contribution in [-0.4, -0.2) is 26.6 Å². The van der Waals surface area contributed by atoms with Gasteiger partial charge in [0.1, 0.15) is 5.60 Å². The maximum atomic E-state index is 11.4. The van der Waals surface area contributed by atoms with Gasteiger partial charge in [-0.25, -0.2) is 4.79 Å². The standard InChI is InChI=1S/C10H17N3O3/c1-10(2,3)16-9(15)11-8-7(6-14)5-13(4)12-8/h5,14H,6H2,1-4H3,(H,11,12,15). The molecule has 0 spiro atoms. The molecule has 0 radical (unpaired) electrons. The van der Waals surface area contributed by atoms with Gasteiger partial charge in [0.15, 0.2) is 5.82 Å². The number of anilines is 1. The molecule has 1 amide bonds. The summed E-state index contributed by atoms with van der Waals surface area (Å²) in [5.74, 6) is 0.319. The van der Waals surface area contributed by atoms with Crippen molar-refractivity contribution < 1.29 is 14.6 Å². The van der Waals surface area contributed by atoms with Crippen molar-refractivity contribution in [2.24, 2.45) is 7.05 Å². The second kappa shape index (κ2) is 4.52. The monoisotopic (exact) mass is 227 g/mol. The number of aliphatic hydroxyl groups excluding tert-OH is 1. The highest BCUT2D eigenvalue weighted by molar-refractivity contribution is 5.84. The number of carbonyl (C=O) groups is 1. The lowest BCUT2D eigenvalue weighted by Crippen LogP contribution is -2.27. The van der Waals surface area contributed by atoms with Crippen LogP contribution in [-0.2, 0) is 18.4 Å². The number of nitrogens with one attached hydrogen (secondary N) is 1. The van der Waals surface area contributed by atoms with E-state index in [9.17, 15) is 4.79 Å². The molecule has 6 heteroatoms. The van der Waals surface area contributed by atoms with Crippen LogP contribution in [0.1, 0.15) is 26.3 Å². The summed E-state index contributed by atoms with van der Waals surface area (Å²) in [7, 11) is 1.71. The first-order chi connectivity index (χ1) is 7.31. The molecule has 1 heterocycles. The minimum Gasteiger partial charge on any atom is -0.444 e. The van der Waals surface area contributed by atoms with Crippen molar-refractivity contribution in [1.82, 2.24) is 9.78 Å². The molecule has 0 fully saturated rings. The number of nitrogens with zero attached hydrogens (tertiary/aromatic N) is 2. The zero-order chi connectivity index (χ0) is 12.3. The van der Waals surface area contributed by atoms with E-state index in [4.69, 9.17) is 9.84 Å². The van der Waals surface area contributed by atoms with Gasteiger partial charge in [0.25, 0.3) is 0 Å². The molecule has 0 bridgehead atoms. The number of hydrogen-bond acceptors (Lipinski definition) is 4. The average Bonchev–Trinajstić information content (AvgIpc) is 2.42. The molecule has 16 heavy (non-hydrogen) atoms. The topological polar surface area (TPSA) is 76.4 Å². The number of hydrogen-bond donors (Lipinski definition) is 2. The van der Waals surface area contributed by atoms with Crippen LogP contribution in [0.4, 0.5) is 10.6 Å². The van der Waals surface area contributed by atoms with Crippen molar-refractivity contribution in [1.29, 1.82) is 0 Å². The predicted octanol–water partition coefficient (Wildman–Crippen LogP) is 1.26. The van der Waals surface area contributed by atoms with Crippen molar-refractivity contribution in [2.75, 3.05) is 5.32 Å². The summed E-state index contributed by atoms with van der Waals surface area (Å²) in [6.07, 6.45) is 1.05. The molecule has 1 aromatic rings. The van der Waals surface area contributed by atoms with E-state index in [0.717, 1.165) is 0 Å². The van der Waals surface area contributed by atoms with E-state index in [-0.39, 0.29) is 6.61 Å². The van der Waals surface area contributed by atoms with Gasteiger partial charge in [0.05, 0.1) is 6.61 Å². The SMILES string of the molecule is Cn1cc(CO)c(NC(=O)OC(C)(C)C)n1. The summed E-state index contributed by atoms with van der Waals surface area (Å²) in [5.41, 5.74) is -0.00789. The van der Waals surface area contributed by atoms with E-state index in [2.05, 4.69) is 10.4 Å². The van der Waals surface area contributed by atoms with Gasteiger partial charge in [-0.2, -0.15) is 5.10 Å². The van der Waals surface area contributed by atoms with Gasteiger partial charge in [-0.1, -0.05) is 0 Å². The maximum absolute atomic E-state index is 11.4. The lowest BCUT2D eigenvalue weighted by molar-refractivity contribution is 0.0635. The van der Waals surface area contributed by atoms with Gasteiger partial charge in [-0.15, -0.1) is 0 Å². The fraction of sp³-hybridized carbons (Fsp3) is 0.600. The maximum Gasteiger partial charge on any atom is 0.413 e. The van der Waals surface area contributed by atoms with Gasteiger partial charge >= 0.3 is 6.09 Å². The van der Waals surface area contributed by atoms with Gasteiger partial charge in [-0.05, 0) is 20.8 Å². The molecule has 0 aliphatic heterocycles. The number of aliphatic hydroxyl groups is 1. The molecule has 1 rings (SSSR count). The van der Waals surface area contributed by atoms with E-state index >= 15 is 0 Å². The van der Waals surface area contributed by atoms with E-state index in [0.29, 0.717) is 11.4 Å². The van der Waals surface area contributed by atoms with Crippen molar-refractivity contribution in [3.05, 3.63) is 11.8 Å². The minimum atomic E-state index is -0.583. The summed E-state index contributed by atoms with van der Waals surface area (Å²) in [6.45, 7) is 5.15. The normalized spacial score (nSPS) is 11.3. The molecular formula is C10H17N3O3. The molecule has 1 aromatic heterocycles. The first-order valence-corrected chi connectivity index (χ1v) is 4.95. The van der Waals surface area contributed by atoms with Crippen LogP contribution < -0.4 is 5.32 Å². The minimum absolute atomic E-state index is 0.182. The molecule has 90 valence electrons. The van der Waals surface area contributed by atoms with E-state index in [1.165, 1.54) is 4.68 Å². The van der Waals surface area contributed by atoms with Crippen LogP contribution in [0.15, 0.2) is 6.20 Å². The predicted molar refractivity (Wildman–Crippen MR) is 59.0 cm³/mol. The highest BCUT2D eigenvalue weighted by atomic mass is 16.6. The molecule has 0 saturated heterocycles. The Labute approximate surface area is 94.2 Å². The van der Waals surface area contributed by atoms with Gasteiger partial charge in [-0.3, -0.25) is 10.00 Å². The largest absolute Gasteiger partial charge is 0.444 e. The molecular weight excluding hydrogens is 210 g/mol. The summed E-state index contributed by atoms with van der Waals surface area (Å²) in [5, 5.41) is 15.5. The summed E-state index contributed by atoms with van der Waals surface area (Å²) < 4.78 is 6.58. The smallest absolute Gasteiger partial charge is 0.413 e. The fourth-order valence-electron chi connectivity index (χ4n) is 1.16. The first-order valence-electron chi connectivity index (χ1n) is 4.95. The number of rotatable bonds is 2. The van der Waals surface area contributed by atoms with Crippen molar-refractivity contribution >= 4 is 11.9 Å². The summed E-state index contributed by atoms with van der Waals surface area (Å²) in [6, 6.07) is 0. The zero-order valence-corrected chi connectivity index (χ0v) is 9.94. The van der Waals surface area contributed by atoms with Crippen LogP contribution >= 0.6 is 0 Å². The van der Waals surface area contributed by atoms with Crippen LogP contribution in [0.3, 0.4) is 0 Å². The molecule has 0 atom stereocenters. The first kappa shape index (κ1) is 12.5. The van der Waals surface area contributed by atoms with Crippen LogP contribution in [0.25, 0.3) is 0 Å². The lowest BCUT2D eigenvalue weighted by atomic mass is 10.2. The molecule has 0 aliphatic carbocycles. The number of carbonyl (C=O) groups excluding carboxylic acids is 1. The highest BCUT2D eigenvalue weighted by Crippen LogP contribution is 2.14. The van der Waals surface area contributed by atoms with E-state index < -0.39 is 11.7 Å². The summed E-state index contributed by atoms with van der Waals surface area (Å²) >= 11 is 0. The lowest BCUT2D eigenvalue weighted by Gasteiger charge is -2.19.